The van der Waals surface area contributed by atoms with Gasteiger partial charge in [0.25, 0.3) is 0 Å². The van der Waals surface area contributed by atoms with Gasteiger partial charge in [-0.2, -0.15) is 5.26 Å². The maximum atomic E-state index is 10.7. The van der Waals surface area contributed by atoms with Crippen molar-refractivity contribution in [3.05, 3.63) is 42.2 Å². The molecule has 3 rings (SSSR count). The number of aromatic nitrogens is 4. The van der Waals surface area contributed by atoms with Crippen molar-refractivity contribution in [3.8, 4) is 6.07 Å². The Morgan fingerprint density at radius 1 is 1.27 bits per heavy atom. The number of amides is 1. The highest BCUT2D eigenvalue weighted by Crippen LogP contribution is 2.20. The first kappa shape index (κ1) is 13.3. The molecule has 0 fully saturated rings. The Balaban J connectivity index is 1.95. The standard InChI is InChI=1S/C13H9N7O2/c14-7-8-1-3-9(4-2-8)16-10-11-18-19-12(17-13(21)22)20(11)6-5-15-10/h1-6H,(H,15,16)(H,17,19)(H,21,22). The summed E-state index contributed by atoms with van der Waals surface area (Å²) in [7, 11) is 0. The maximum absolute atomic E-state index is 10.7. The molecule has 0 aliphatic heterocycles. The van der Waals surface area contributed by atoms with Crippen molar-refractivity contribution in [2.45, 2.75) is 0 Å². The van der Waals surface area contributed by atoms with Crippen LogP contribution in [0.2, 0.25) is 0 Å². The van der Waals surface area contributed by atoms with Crippen molar-refractivity contribution in [1.82, 2.24) is 19.6 Å². The molecule has 0 spiro atoms. The van der Waals surface area contributed by atoms with Gasteiger partial charge < -0.3 is 10.4 Å². The number of hydrogen-bond acceptors (Lipinski definition) is 6. The summed E-state index contributed by atoms with van der Waals surface area (Å²) in [4.78, 5) is 14.9. The minimum Gasteiger partial charge on any atom is -0.465 e. The van der Waals surface area contributed by atoms with Crippen molar-refractivity contribution >= 4 is 29.2 Å². The molecule has 0 unspecified atom stereocenters. The summed E-state index contributed by atoms with van der Waals surface area (Å²) in [6.45, 7) is 0. The van der Waals surface area contributed by atoms with Crippen LogP contribution >= 0.6 is 0 Å². The predicted molar refractivity (Wildman–Crippen MR) is 76.9 cm³/mol. The molecular formula is C13H9N7O2. The first-order chi connectivity index (χ1) is 10.7. The number of nitrogens with zero attached hydrogens (tertiary/aromatic N) is 5. The third kappa shape index (κ3) is 2.48. The molecule has 22 heavy (non-hydrogen) atoms. The zero-order valence-corrected chi connectivity index (χ0v) is 11.1. The number of fused-ring (bicyclic) bond motifs is 1. The highest BCUT2D eigenvalue weighted by molar-refractivity contribution is 5.81. The van der Waals surface area contributed by atoms with Crippen LogP contribution < -0.4 is 10.6 Å². The summed E-state index contributed by atoms with van der Waals surface area (Å²) in [5.74, 6) is 0.492. The molecule has 1 amide bonds. The van der Waals surface area contributed by atoms with Crippen LogP contribution in [0.1, 0.15) is 5.56 Å². The molecule has 0 aliphatic carbocycles. The summed E-state index contributed by atoms with van der Waals surface area (Å²) in [6, 6.07) is 8.84. The molecule has 2 aromatic heterocycles. The van der Waals surface area contributed by atoms with Crippen LogP contribution in [0.3, 0.4) is 0 Å². The molecule has 0 saturated carbocycles. The predicted octanol–water partition coefficient (Wildman–Crippen LogP) is 1.83. The van der Waals surface area contributed by atoms with Crippen LogP contribution in [0, 0.1) is 11.3 Å². The number of anilines is 3. The average Bonchev–Trinajstić information content (AvgIpc) is 2.92. The van der Waals surface area contributed by atoms with E-state index in [1.54, 1.807) is 30.5 Å². The van der Waals surface area contributed by atoms with Crippen LogP contribution in [0.5, 0.6) is 0 Å². The van der Waals surface area contributed by atoms with Gasteiger partial charge in [-0.3, -0.25) is 9.72 Å². The van der Waals surface area contributed by atoms with E-state index < -0.39 is 6.09 Å². The number of benzene rings is 1. The van der Waals surface area contributed by atoms with Gasteiger partial charge in [0, 0.05) is 18.1 Å². The van der Waals surface area contributed by atoms with Crippen LogP contribution in [0.4, 0.5) is 22.2 Å². The summed E-state index contributed by atoms with van der Waals surface area (Å²) < 4.78 is 1.47. The number of carbonyl (C=O) groups is 1. The Morgan fingerprint density at radius 3 is 2.73 bits per heavy atom. The minimum atomic E-state index is -1.23. The van der Waals surface area contributed by atoms with Gasteiger partial charge >= 0.3 is 6.09 Å². The van der Waals surface area contributed by atoms with E-state index in [0.29, 0.717) is 17.0 Å². The molecule has 0 aliphatic rings. The van der Waals surface area contributed by atoms with E-state index in [4.69, 9.17) is 10.4 Å². The molecule has 9 heteroatoms. The Hall–Kier alpha value is -3.67. The lowest BCUT2D eigenvalue weighted by atomic mass is 10.2. The van der Waals surface area contributed by atoms with E-state index in [1.807, 2.05) is 6.07 Å². The molecule has 3 N–H and O–H groups in total. The monoisotopic (exact) mass is 295 g/mol. The summed E-state index contributed by atoms with van der Waals surface area (Å²) >= 11 is 0. The van der Waals surface area contributed by atoms with Gasteiger partial charge in [-0.1, -0.05) is 0 Å². The van der Waals surface area contributed by atoms with Crippen LogP contribution in [-0.2, 0) is 0 Å². The fourth-order valence-corrected chi connectivity index (χ4v) is 1.86. The molecule has 0 radical (unpaired) electrons. The first-order valence-corrected chi connectivity index (χ1v) is 6.14. The van der Waals surface area contributed by atoms with E-state index in [2.05, 4.69) is 25.8 Å². The van der Waals surface area contributed by atoms with Gasteiger partial charge in [-0.05, 0) is 24.3 Å². The van der Waals surface area contributed by atoms with Gasteiger partial charge in [-0.15, -0.1) is 10.2 Å². The van der Waals surface area contributed by atoms with Crippen molar-refractivity contribution in [2.75, 3.05) is 10.6 Å². The number of rotatable bonds is 3. The van der Waals surface area contributed by atoms with E-state index >= 15 is 0 Å². The van der Waals surface area contributed by atoms with Gasteiger partial charge in [0.05, 0.1) is 11.6 Å². The highest BCUT2D eigenvalue weighted by atomic mass is 16.4. The number of carboxylic acid groups (broad SMARTS) is 1. The highest BCUT2D eigenvalue weighted by Gasteiger charge is 2.12. The Bertz CT molecular complexity index is 880. The molecule has 0 atom stereocenters. The van der Waals surface area contributed by atoms with Gasteiger partial charge in [0.1, 0.15) is 0 Å². The number of hydrogen-bond donors (Lipinski definition) is 3. The van der Waals surface area contributed by atoms with Crippen LogP contribution in [-0.4, -0.2) is 30.8 Å². The molecule has 3 aromatic rings. The smallest absolute Gasteiger partial charge is 0.411 e. The summed E-state index contributed by atoms with van der Waals surface area (Å²) in [6.07, 6.45) is 1.81. The lowest BCUT2D eigenvalue weighted by molar-refractivity contribution is 0.209. The first-order valence-electron chi connectivity index (χ1n) is 6.14. The van der Waals surface area contributed by atoms with Crippen LogP contribution in [0.15, 0.2) is 36.7 Å². The zero-order valence-electron chi connectivity index (χ0n) is 11.1. The van der Waals surface area contributed by atoms with E-state index in [0.717, 1.165) is 5.69 Å². The zero-order chi connectivity index (χ0) is 15.5. The number of nitrogens with one attached hydrogen (secondary N) is 2. The van der Waals surface area contributed by atoms with Crippen LogP contribution in [0.25, 0.3) is 5.65 Å². The average molecular weight is 295 g/mol. The van der Waals surface area contributed by atoms with Gasteiger partial charge in [-0.25, -0.2) is 9.78 Å². The second kappa shape index (κ2) is 5.37. The maximum Gasteiger partial charge on any atom is 0.411 e. The number of nitriles is 1. The Kier molecular flexibility index (Phi) is 3.25. The molecule has 9 nitrogen and oxygen atoms in total. The summed E-state index contributed by atoms with van der Waals surface area (Å²) in [5, 5.41) is 30.4. The van der Waals surface area contributed by atoms with E-state index in [-0.39, 0.29) is 5.95 Å². The fraction of sp³-hybridized carbons (Fsp3) is 0. The molecule has 0 bridgehead atoms. The summed E-state index contributed by atoms with van der Waals surface area (Å²) in [5.41, 5.74) is 1.64. The largest absolute Gasteiger partial charge is 0.465 e. The van der Waals surface area contributed by atoms with Crippen molar-refractivity contribution in [1.29, 1.82) is 5.26 Å². The lowest BCUT2D eigenvalue weighted by Gasteiger charge is -2.06. The van der Waals surface area contributed by atoms with Crippen molar-refractivity contribution in [3.63, 3.8) is 0 Å². The molecule has 108 valence electrons. The third-order valence-corrected chi connectivity index (χ3v) is 2.82. The minimum absolute atomic E-state index is 0.0766. The van der Waals surface area contributed by atoms with Crippen molar-refractivity contribution < 1.29 is 9.90 Å². The van der Waals surface area contributed by atoms with Gasteiger partial charge in [0.15, 0.2) is 5.82 Å². The quantitative estimate of drug-likeness (QED) is 0.672. The SMILES string of the molecule is N#Cc1ccc(Nc2nccn3c(NC(=O)O)nnc23)cc1. The molecular weight excluding hydrogens is 286 g/mol. The van der Waals surface area contributed by atoms with E-state index in [9.17, 15) is 4.79 Å². The molecule has 2 heterocycles. The normalized spacial score (nSPS) is 10.1. The topological polar surface area (TPSA) is 128 Å². The molecule has 0 saturated heterocycles. The Labute approximate surface area is 123 Å². The second-order valence-corrected chi connectivity index (χ2v) is 4.24. The van der Waals surface area contributed by atoms with Gasteiger partial charge in [0.2, 0.25) is 11.6 Å². The molecule has 1 aromatic carbocycles. The third-order valence-electron chi connectivity index (χ3n) is 2.82. The van der Waals surface area contributed by atoms with E-state index in [1.165, 1.54) is 10.6 Å². The second-order valence-electron chi connectivity index (χ2n) is 4.24. The lowest BCUT2D eigenvalue weighted by Crippen LogP contribution is -2.10. The Morgan fingerprint density at radius 2 is 2.05 bits per heavy atom. The van der Waals surface area contributed by atoms with Crippen molar-refractivity contribution in [2.24, 2.45) is 0 Å². The fourth-order valence-electron chi connectivity index (χ4n) is 1.86.